The summed E-state index contributed by atoms with van der Waals surface area (Å²) < 4.78 is 24.1. The van der Waals surface area contributed by atoms with E-state index in [0.717, 1.165) is 6.54 Å². The number of carbonyl (C=O) groups is 2. The lowest BCUT2D eigenvalue weighted by Gasteiger charge is -2.26. The van der Waals surface area contributed by atoms with E-state index in [-0.39, 0.29) is 11.3 Å². The highest BCUT2D eigenvalue weighted by Gasteiger charge is 2.45. The fourth-order valence-corrected chi connectivity index (χ4v) is 3.80. The van der Waals surface area contributed by atoms with Gasteiger partial charge in [0.15, 0.2) is 11.5 Å². The van der Waals surface area contributed by atoms with Crippen molar-refractivity contribution in [1.29, 1.82) is 0 Å². The quantitative estimate of drug-likeness (QED) is 0.384. The number of amides is 1. The number of rotatable bonds is 8. The second kappa shape index (κ2) is 9.82. The van der Waals surface area contributed by atoms with Crippen LogP contribution < -0.4 is 9.47 Å². The van der Waals surface area contributed by atoms with Gasteiger partial charge in [-0.05, 0) is 63.0 Å². The Balaban J connectivity index is 2.11. The molecule has 1 atom stereocenters. The molecule has 0 aromatic heterocycles. The first-order valence-electron chi connectivity index (χ1n) is 10.2. The highest BCUT2D eigenvalue weighted by Crippen LogP contribution is 2.40. The predicted octanol–water partition coefficient (Wildman–Crippen LogP) is 3.22. The van der Waals surface area contributed by atoms with Crippen molar-refractivity contribution in [2.45, 2.75) is 12.5 Å². The molecule has 1 aliphatic rings. The zero-order valence-corrected chi connectivity index (χ0v) is 18.6. The molecule has 0 bridgehead atoms. The van der Waals surface area contributed by atoms with Crippen molar-refractivity contribution < 1.29 is 28.6 Å². The van der Waals surface area contributed by atoms with Crippen LogP contribution in [0.25, 0.3) is 5.76 Å². The van der Waals surface area contributed by atoms with Gasteiger partial charge in [-0.2, -0.15) is 0 Å². The zero-order chi connectivity index (χ0) is 23.4. The maximum atomic E-state index is 13.6. The third kappa shape index (κ3) is 4.60. The summed E-state index contributed by atoms with van der Waals surface area (Å²) in [6, 6.07) is 9.48. The standard InChI is InChI=1S/C24H27FN2O5/c1-26(2)12-5-13-27-21(15-6-9-17(25)10-7-15)20(23(29)24(27)30)22(28)16-8-11-18(31-3)19(14-16)32-4/h6-11,14,21,28H,5,12-13H2,1-4H3/b22-20-. The summed E-state index contributed by atoms with van der Waals surface area (Å²) in [5.74, 6) is -1.40. The van der Waals surface area contributed by atoms with Crippen molar-refractivity contribution in [2.75, 3.05) is 41.4 Å². The van der Waals surface area contributed by atoms with Crippen molar-refractivity contribution in [2.24, 2.45) is 0 Å². The molecule has 0 aliphatic carbocycles. The van der Waals surface area contributed by atoms with E-state index in [1.807, 2.05) is 19.0 Å². The van der Waals surface area contributed by atoms with Crippen LogP contribution >= 0.6 is 0 Å². The summed E-state index contributed by atoms with van der Waals surface area (Å²) in [4.78, 5) is 29.3. The van der Waals surface area contributed by atoms with Gasteiger partial charge < -0.3 is 24.4 Å². The number of halogens is 1. The van der Waals surface area contributed by atoms with E-state index < -0.39 is 23.5 Å². The summed E-state index contributed by atoms with van der Waals surface area (Å²) in [7, 11) is 6.79. The second-order valence-corrected chi connectivity index (χ2v) is 7.77. The lowest BCUT2D eigenvalue weighted by molar-refractivity contribution is -0.139. The van der Waals surface area contributed by atoms with Gasteiger partial charge in [0, 0.05) is 12.1 Å². The predicted molar refractivity (Wildman–Crippen MR) is 118 cm³/mol. The average Bonchev–Trinajstić information content (AvgIpc) is 3.03. The molecule has 2 aromatic rings. The molecule has 1 saturated heterocycles. The Labute approximate surface area is 186 Å². The average molecular weight is 442 g/mol. The molecule has 0 radical (unpaired) electrons. The number of aliphatic hydroxyl groups is 1. The van der Waals surface area contributed by atoms with E-state index in [1.165, 1.54) is 49.5 Å². The van der Waals surface area contributed by atoms with Crippen LogP contribution in [-0.4, -0.2) is 68.0 Å². The van der Waals surface area contributed by atoms with Crippen LogP contribution in [0.2, 0.25) is 0 Å². The number of hydrogen-bond acceptors (Lipinski definition) is 6. The molecule has 8 heteroatoms. The summed E-state index contributed by atoms with van der Waals surface area (Å²) in [5.41, 5.74) is 0.803. The van der Waals surface area contributed by atoms with E-state index in [9.17, 15) is 19.1 Å². The number of aliphatic hydroxyl groups excluding tert-OH is 1. The largest absolute Gasteiger partial charge is 0.507 e. The molecular formula is C24H27FN2O5. The number of carbonyl (C=O) groups excluding carboxylic acids is 2. The summed E-state index contributed by atoms with van der Waals surface area (Å²) >= 11 is 0. The molecular weight excluding hydrogens is 415 g/mol. The van der Waals surface area contributed by atoms with Crippen LogP contribution in [0.5, 0.6) is 11.5 Å². The van der Waals surface area contributed by atoms with Crippen molar-refractivity contribution in [3.63, 3.8) is 0 Å². The Morgan fingerprint density at radius 2 is 1.72 bits per heavy atom. The number of benzene rings is 2. The Bertz CT molecular complexity index is 1030. The molecule has 3 rings (SSSR count). The summed E-state index contributed by atoms with van der Waals surface area (Å²) in [6.45, 7) is 1.03. The molecule has 170 valence electrons. The molecule has 1 amide bonds. The van der Waals surface area contributed by atoms with Gasteiger partial charge in [-0.3, -0.25) is 9.59 Å². The minimum absolute atomic E-state index is 0.0429. The van der Waals surface area contributed by atoms with Crippen LogP contribution in [0.3, 0.4) is 0 Å². The molecule has 1 fully saturated rings. The van der Waals surface area contributed by atoms with Crippen molar-refractivity contribution in [3.05, 3.63) is 65.0 Å². The molecule has 32 heavy (non-hydrogen) atoms. The van der Waals surface area contributed by atoms with Crippen molar-refractivity contribution >= 4 is 17.4 Å². The molecule has 2 aromatic carbocycles. The maximum Gasteiger partial charge on any atom is 0.295 e. The van der Waals surface area contributed by atoms with E-state index in [2.05, 4.69) is 0 Å². The van der Waals surface area contributed by atoms with E-state index in [1.54, 1.807) is 12.1 Å². The molecule has 7 nitrogen and oxygen atoms in total. The Hall–Kier alpha value is -3.39. The van der Waals surface area contributed by atoms with Crippen LogP contribution in [0.4, 0.5) is 4.39 Å². The number of Topliss-reactive ketones (excluding diaryl/α,β-unsaturated/α-hetero) is 1. The lowest BCUT2D eigenvalue weighted by Crippen LogP contribution is -2.32. The summed E-state index contributed by atoms with van der Waals surface area (Å²) in [5, 5.41) is 11.1. The summed E-state index contributed by atoms with van der Waals surface area (Å²) in [6.07, 6.45) is 0.633. The fraction of sp³-hybridized carbons (Fsp3) is 0.333. The van der Waals surface area contributed by atoms with Crippen LogP contribution in [-0.2, 0) is 9.59 Å². The highest BCUT2D eigenvalue weighted by atomic mass is 19.1. The molecule has 1 aliphatic heterocycles. The van der Waals surface area contributed by atoms with Crippen LogP contribution in [0.15, 0.2) is 48.0 Å². The molecule has 0 saturated carbocycles. The number of ketones is 1. The van der Waals surface area contributed by atoms with Crippen LogP contribution in [0, 0.1) is 5.82 Å². The second-order valence-electron chi connectivity index (χ2n) is 7.77. The highest BCUT2D eigenvalue weighted by molar-refractivity contribution is 6.46. The van der Waals surface area contributed by atoms with Gasteiger partial charge in [0.05, 0.1) is 25.8 Å². The fourth-order valence-electron chi connectivity index (χ4n) is 3.80. The van der Waals surface area contributed by atoms with Gasteiger partial charge in [-0.1, -0.05) is 12.1 Å². The van der Waals surface area contributed by atoms with Crippen molar-refractivity contribution in [1.82, 2.24) is 9.80 Å². The van der Waals surface area contributed by atoms with E-state index in [0.29, 0.717) is 35.6 Å². The Morgan fingerprint density at radius 1 is 1.06 bits per heavy atom. The Morgan fingerprint density at radius 3 is 2.31 bits per heavy atom. The smallest absolute Gasteiger partial charge is 0.295 e. The number of likely N-dealkylation sites (tertiary alicyclic amines) is 1. The normalized spacial score (nSPS) is 17.8. The molecule has 1 N–H and O–H groups in total. The van der Waals surface area contributed by atoms with E-state index in [4.69, 9.17) is 9.47 Å². The van der Waals surface area contributed by atoms with Gasteiger partial charge >= 0.3 is 0 Å². The number of nitrogens with zero attached hydrogens (tertiary/aromatic N) is 2. The Kier molecular flexibility index (Phi) is 7.15. The van der Waals surface area contributed by atoms with Gasteiger partial charge in [0.25, 0.3) is 11.7 Å². The lowest BCUT2D eigenvalue weighted by atomic mass is 9.95. The van der Waals surface area contributed by atoms with Crippen molar-refractivity contribution in [3.8, 4) is 11.5 Å². The maximum absolute atomic E-state index is 13.6. The third-order valence-corrected chi connectivity index (χ3v) is 5.39. The first-order chi connectivity index (χ1) is 15.3. The SMILES string of the molecule is COc1ccc(/C(O)=C2/C(=O)C(=O)N(CCCN(C)C)C2c2ccc(F)cc2)cc1OC. The zero-order valence-electron chi connectivity index (χ0n) is 18.6. The van der Waals surface area contributed by atoms with Gasteiger partial charge in [-0.25, -0.2) is 4.39 Å². The van der Waals surface area contributed by atoms with Gasteiger partial charge in [-0.15, -0.1) is 0 Å². The monoisotopic (exact) mass is 442 g/mol. The van der Waals surface area contributed by atoms with Gasteiger partial charge in [0.2, 0.25) is 0 Å². The topological polar surface area (TPSA) is 79.3 Å². The first kappa shape index (κ1) is 23.3. The number of ether oxygens (including phenoxy) is 2. The molecule has 1 heterocycles. The molecule has 1 unspecified atom stereocenters. The van der Waals surface area contributed by atoms with Gasteiger partial charge in [0.1, 0.15) is 11.6 Å². The number of hydrogen-bond donors (Lipinski definition) is 1. The molecule has 0 spiro atoms. The minimum Gasteiger partial charge on any atom is -0.507 e. The van der Waals surface area contributed by atoms with E-state index >= 15 is 0 Å². The van der Waals surface area contributed by atoms with Crippen LogP contribution in [0.1, 0.15) is 23.6 Å². The number of methoxy groups -OCH3 is 2. The third-order valence-electron chi connectivity index (χ3n) is 5.39. The minimum atomic E-state index is -0.828. The first-order valence-corrected chi connectivity index (χ1v) is 10.2.